The van der Waals surface area contributed by atoms with Crippen LogP contribution < -0.4 is 10.6 Å². The molecule has 1 aromatic rings. The topological polar surface area (TPSA) is 78.5 Å². The minimum absolute atomic E-state index is 0.0881. The summed E-state index contributed by atoms with van der Waals surface area (Å²) in [7, 11) is 0. The molecule has 0 bridgehead atoms. The zero-order valence-electron chi connectivity index (χ0n) is 13.4. The van der Waals surface area contributed by atoms with Crippen molar-refractivity contribution < 1.29 is 18.8 Å². The van der Waals surface area contributed by atoms with Gasteiger partial charge in [0.25, 0.3) is 5.91 Å². The van der Waals surface area contributed by atoms with Crippen molar-refractivity contribution >= 4 is 23.5 Å². The van der Waals surface area contributed by atoms with E-state index in [1.54, 1.807) is 26.8 Å². The van der Waals surface area contributed by atoms with E-state index in [4.69, 9.17) is 0 Å². The number of carbonyl (C=O) groups is 3. The minimum Gasteiger partial charge on any atom is -0.324 e. The van der Waals surface area contributed by atoms with Crippen molar-refractivity contribution in [3.05, 3.63) is 29.6 Å². The summed E-state index contributed by atoms with van der Waals surface area (Å²) < 4.78 is 13.6. The molecule has 0 spiro atoms. The van der Waals surface area contributed by atoms with E-state index in [2.05, 4.69) is 10.6 Å². The number of benzene rings is 1. The Kier molecular flexibility index (Phi) is 4.68. The predicted octanol–water partition coefficient (Wildman–Crippen LogP) is 2.18. The molecule has 1 aliphatic rings. The molecule has 4 amide bonds. The van der Waals surface area contributed by atoms with Crippen LogP contribution in [0, 0.1) is 12.7 Å². The second kappa shape index (κ2) is 6.36. The highest BCUT2D eigenvalue weighted by molar-refractivity contribution is 6.06. The number of nitrogens with one attached hydrogen (secondary N) is 2. The van der Waals surface area contributed by atoms with Crippen LogP contribution in [-0.4, -0.2) is 34.8 Å². The number of urea groups is 1. The van der Waals surface area contributed by atoms with Gasteiger partial charge in [-0.1, -0.05) is 6.07 Å². The third-order valence-electron chi connectivity index (χ3n) is 3.63. The fourth-order valence-corrected chi connectivity index (χ4v) is 2.35. The van der Waals surface area contributed by atoms with Gasteiger partial charge in [-0.3, -0.25) is 14.5 Å². The molecular weight excluding hydrogens is 301 g/mol. The summed E-state index contributed by atoms with van der Waals surface area (Å²) in [5, 5.41) is 5.05. The molecule has 1 heterocycles. The van der Waals surface area contributed by atoms with Crippen molar-refractivity contribution in [2.45, 2.75) is 39.2 Å². The van der Waals surface area contributed by atoms with Gasteiger partial charge in [-0.15, -0.1) is 0 Å². The lowest BCUT2D eigenvalue weighted by atomic mass is 10.1. The first-order valence-corrected chi connectivity index (χ1v) is 7.41. The van der Waals surface area contributed by atoms with Crippen molar-refractivity contribution in [3.8, 4) is 0 Å². The van der Waals surface area contributed by atoms with Gasteiger partial charge in [0.2, 0.25) is 5.91 Å². The average molecular weight is 321 g/mol. The first-order valence-electron chi connectivity index (χ1n) is 7.41. The van der Waals surface area contributed by atoms with Crippen molar-refractivity contribution in [2.75, 3.05) is 11.9 Å². The highest BCUT2D eigenvalue weighted by Gasteiger charge is 2.43. The van der Waals surface area contributed by atoms with Crippen LogP contribution in [0.5, 0.6) is 0 Å². The molecule has 124 valence electrons. The number of hydrogen-bond donors (Lipinski definition) is 2. The number of hydrogen-bond acceptors (Lipinski definition) is 3. The van der Waals surface area contributed by atoms with Gasteiger partial charge >= 0.3 is 6.03 Å². The number of aryl methyl sites for hydroxylation is 1. The van der Waals surface area contributed by atoms with Gasteiger partial charge in [0.15, 0.2) is 0 Å². The van der Waals surface area contributed by atoms with Crippen LogP contribution in [0.1, 0.15) is 32.3 Å². The number of nitrogens with zero attached hydrogens (tertiary/aromatic N) is 1. The van der Waals surface area contributed by atoms with E-state index >= 15 is 0 Å². The van der Waals surface area contributed by atoms with E-state index in [1.165, 1.54) is 12.1 Å². The highest BCUT2D eigenvalue weighted by Crippen LogP contribution is 2.18. The van der Waals surface area contributed by atoms with Crippen molar-refractivity contribution in [1.29, 1.82) is 0 Å². The summed E-state index contributed by atoms with van der Waals surface area (Å²) >= 11 is 0. The summed E-state index contributed by atoms with van der Waals surface area (Å²) in [6, 6.07) is 4.09. The lowest BCUT2D eigenvalue weighted by Gasteiger charge is -2.15. The number of anilines is 1. The van der Waals surface area contributed by atoms with Crippen molar-refractivity contribution in [1.82, 2.24) is 10.2 Å². The van der Waals surface area contributed by atoms with Crippen LogP contribution in [0.3, 0.4) is 0 Å². The van der Waals surface area contributed by atoms with E-state index in [-0.39, 0.29) is 30.5 Å². The van der Waals surface area contributed by atoms with Crippen LogP contribution in [0.25, 0.3) is 0 Å². The Morgan fingerprint density at radius 3 is 2.61 bits per heavy atom. The quantitative estimate of drug-likeness (QED) is 0.816. The lowest BCUT2D eigenvalue weighted by molar-refractivity contribution is -0.130. The summed E-state index contributed by atoms with van der Waals surface area (Å²) in [5.41, 5.74) is -0.0249. The Hall–Kier alpha value is -2.44. The van der Waals surface area contributed by atoms with Gasteiger partial charge in [-0.05, 0) is 44.9 Å². The van der Waals surface area contributed by atoms with Crippen LogP contribution in [0.15, 0.2) is 18.2 Å². The summed E-state index contributed by atoms with van der Waals surface area (Å²) in [6.45, 7) is 5.16. The molecule has 6 nitrogen and oxygen atoms in total. The molecule has 1 fully saturated rings. The second-order valence-electron chi connectivity index (χ2n) is 6.15. The molecule has 23 heavy (non-hydrogen) atoms. The molecule has 0 aliphatic carbocycles. The maximum atomic E-state index is 13.6. The molecule has 1 aliphatic heterocycles. The fraction of sp³-hybridized carbons (Fsp3) is 0.438. The van der Waals surface area contributed by atoms with Crippen LogP contribution >= 0.6 is 0 Å². The smallest absolute Gasteiger partial charge is 0.324 e. The number of amides is 4. The number of imide groups is 1. The number of rotatable bonds is 5. The monoisotopic (exact) mass is 321 g/mol. The van der Waals surface area contributed by atoms with Crippen molar-refractivity contribution in [3.63, 3.8) is 0 Å². The molecule has 7 heteroatoms. The first kappa shape index (κ1) is 16.9. The third-order valence-corrected chi connectivity index (χ3v) is 3.63. The summed E-state index contributed by atoms with van der Waals surface area (Å²) in [6.07, 6.45) is 0.402. The van der Waals surface area contributed by atoms with E-state index in [1.807, 2.05) is 0 Å². The van der Waals surface area contributed by atoms with Gasteiger partial charge in [-0.25, -0.2) is 9.18 Å². The second-order valence-corrected chi connectivity index (χ2v) is 6.15. The van der Waals surface area contributed by atoms with E-state index < -0.39 is 17.4 Å². The fourth-order valence-electron chi connectivity index (χ4n) is 2.35. The Labute approximate surface area is 134 Å². The Bertz CT molecular complexity index is 658. The predicted molar refractivity (Wildman–Crippen MR) is 83.3 cm³/mol. The molecule has 2 rings (SSSR count). The van der Waals surface area contributed by atoms with E-state index in [9.17, 15) is 18.8 Å². The van der Waals surface area contributed by atoms with Crippen molar-refractivity contribution in [2.24, 2.45) is 0 Å². The number of halogens is 1. The molecule has 0 radical (unpaired) electrons. The van der Waals surface area contributed by atoms with Gasteiger partial charge in [-0.2, -0.15) is 0 Å². The minimum atomic E-state index is -0.912. The average Bonchev–Trinajstić information content (AvgIpc) is 2.63. The zero-order chi connectivity index (χ0) is 17.2. The zero-order valence-corrected chi connectivity index (χ0v) is 13.4. The van der Waals surface area contributed by atoms with Crippen LogP contribution in [0.4, 0.5) is 14.9 Å². The highest BCUT2D eigenvalue weighted by atomic mass is 19.1. The molecular formula is C16H20FN3O3. The van der Waals surface area contributed by atoms with Gasteiger partial charge < -0.3 is 10.6 Å². The molecule has 0 saturated carbocycles. The first-order chi connectivity index (χ1) is 10.7. The van der Waals surface area contributed by atoms with Crippen LogP contribution in [-0.2, 0) is 9.59 Å². The Morgan fingerprint density at radius 2 is 2.04 bits per heavy atom. The molecule has 0 atom stereocenters. The maximum absolute atomic E-state index is 13.6. The summed E-state index contributed by atoms with van der Waals surface area (Å²) in [5.74, 6) is -1.17. The molecule has 1 aromatic carbocycles. The molecule has 0 aromatic heterocycles. The molecule has 2 N–H and O–H groups in total. The molecule has 0 unspecified atom stereocenters. The Balaban J connectivity index is 1.83. The van der Waals surface area contributed by atoms with Crippen LogP contribution in [0.2, 0.25) is 0 Å². The lowest BCUT2D eigenvalue weighted by Crippen LogP contribution is -2.40. The van der Waals surface area contributed by atoms with Gasteiger partial charge in [0, 0.05) is 13.0 Å². The maximum Gasteiger partial charge on any atom is 0.325 e. The van der Waals surface area contributed by atoms with Gasteiger partial charge in [0.05, 0.1) is 5.69 Å². The Morgan fingerprint density at radius 1 is 1.35 bits per heavy atom. The van der Waals surface area contributed by atoms with Gasteiger partial charge in [0.1, 0.15) is 11.4 Å². The molecule has 1 saturated heterocycles. The summed E-state index contributed by atoms with van der Waals surface area (Å²) in [4.78, 5) is 36.6. The standard InChI is InChI=1S/C16H20FN3O3/c1-10-6-7-12(11(17)9-10)18-13(21)5-4-8-20-14(22)16(2,3)19-15(20)23/h6-7,9H,4-5,8H2,1-3H3,(H,18,21)(H,19,23). The largest absolute Gasteiger partial charge is 0.325 e. The number of carbonyl (C=O) groups excluding carboxylic acids is 3. The normalized spacial score (nSPS) is 16.4. The third kappa shape index (κ3) is 3.85. The van der Waals surface area contributed by atoms with E-state index in [0.717, 1.165) is 10.5 Å². The SMILES string of the molecule is Cc1ccc(NC(=O)CCCN2C(=O)NC(C)(C)C2=O)c(F)c1. The van der Waals surface area contributed by atoms with E-state index in [0.29, 0.717) is 6.42 Å².